The molecule has 114 valence electrons. The van der Waals surface area contributed by atoms with E-state index >= 15 is 0 Å². The zero-order valence-corrected chi connectivity index (χ0v) is 12.4. The Morgan fingerprint density at radius 2 is 1.80 bits per heavy atom. The third kappa shape index (κ3) is 5.41. The van der Waals surface area contributed by atoms with Crippen molar-refractivity contribution in [1.82, 2.24) is 5.32 Å². The molecular weight excluding hydrogens is 267 g/mol. The molecule has 0 saturated carbocycles. The molecule has 5 heteroatoms. The Morgan fingerprint density at radius 3 is 2.30 bits per heavy atom. The molecule has 0 fully saturated rings. The molecule has 20 heavy (non-hydrogen) atoms. The first-order valence-electron chi connectivity index (χ1n) is 6.71. The van der Waals surface area contributed by atoms with E-state index in [4.69, 9.17) is 4.74 Å². The van der Waals surface area contributed by atoms with Gasteiger partial charge in [0.25, 0.3) is 0 Å². The number of ether oxygens (including phenoxy) is 1. The summed E-state index contributed by atoms with van der Waals surface area (Å²) in [6, 6.07) is 4.22. The Bertz CT molecular complexity index is 436. The molecule has 0 bridgehead atoms. The van der Waals surface area contributed by atoms with Crippen molar-refractivity contribution in [2.24, 2.45) is 0 Å². The van der Waals surface area contributed by atoms with Crippen LogP contribution in [-0.4, -0.2) is 12.1 Å². The lowest BCUT2D eigenvalue weighted by Gasteiger charge is -2.21. The minimum Gasteiger partial charge on any atom is -0.493 e. The smallest absolute Gasteiger partial charge is 0.419 e. The summed E-state index contributed by atoms with van der Waals surface area (Å²) in [5, 5.41) is 3.17. The first-order valence-corrected chi connectivity index (χ1v) is 6.71. The Balaban J connectivity index is 2.96. The van der Waals surface area contributed by atoms with Gasteiger partial charge >= 0.3 is 6.18 Å². The number of halogens is 3. The van der Waals surface area contributed by atoms with Crippen LogP contribution in [0.3, 0.4) is 0 Å². The first-order chi connectivity index (χ1) is 9.13. The summed E-state index contributed by atoms with van der Waals surface area (Å²) in [4.78, 5) is 0. The molecule has 2 nitrogen and oxygen atoms in total. The minimum absolute atomic E-state index is 0.0983. The number of rotatable bonds is 5. The van der Waals surface area contributed by atoms with Crippen LogP contribution >= 0.6 is 0 Å². The Hall–Kier alpha value is -1.23. The highest BCUT2D eigenvalue weighted by Gasteiger charge is 2.34. The summed E-state index contributed by atoms with van der Waals surface area (Å²) in [6.45, 7) is 8.43. The molecule has 0 atom stereocenters. The molecule has 0 aliphatic carbocycles. The summed E-state index contributed by atoms with van der Waals surface area (Å²) in [5.41, 5.74) is -0.259. The van der Waals surface area contributed by atoms with Crippen LogP contribution in [-0.2, 0) is 12.7 Å². The monoisotopic (exact) mass is 289 g/mol. The molecule has 0 aliphatic heterocycles. The normalized spacial score (nSPS) is 12.6. The highest BCUT2D eigenvalue weighted by atomic mass is 19.4. The summed E-state index contributed by atoms with van der Waals surface area (Å²) >= 11 is 0. The van der Waals surface area contributed by atoms with Crippen LogP contribution in [0.5, 0.6) is 5.75 Å². The van der Waals surface area contributed by atoms with Crippen LogP contribution in [0.1, 0.15) is 45.2 Å². The lowest BCUT2D eigenvalue weighted by atomic mass is 10.1. The molecule has 1 aromatic carbocycles. The van der Waals surface area contributed by atoms with Gasteiger partial charge in [0.2, 0.25) is 0 Å². The lowest BCUT2D eigenvalue weighted by Crippen LogP contribution is -2.35. The standard InChI is InChI=1S/C15H22F3NO/c1-5-8-20-13-7-6-11(10-19-14(2,3)4)9-12(13)15(16,17)18/h6-7,9,19H,5,8,10H2,1-4H3. The molecule has 0 saturated heterocycles. The number of alkyl halides is 3. The van der Waals surface area contributed by atoms with Gasteiger partial charge in [-0.15, -0.1) is 0 Å². The summed E-state index contributed by atoms with van der Waals surface area (Å²) in [7, 11) is 0. The SMILES string of the molecule is CCCOc1ccc(CNC(C)(C)C)cc1C(F)(F)F. The quantitative estimate of drug-likeness (QED) is 0.868. The van der Waals surface area contributed by atoms with Crippen LogP contribution in [0, 0.1) is 0 Å². The minimum atomic E-state index is -4.40. The fraction of sp³-hybridized carbons (Fsp3) is 0.600. The molecule has 0 amide bonds. The predicted molar refractivity (Wildman–Crippen MR) is 73.8 cm³/mol. The van der Waals surface area contributed by atoms with E-state index in [0.717, 1.165) is 6.07 Å². The summed E-state index contributed by atoms with van der Waals surface area (Å²) in [6.07, 6.45) is -3.73. The third-order valence-electron chi connectivity index (χ3n) is 2.63. The number of nitrogens with one attached hydrogen (secondary N) is 1. The van der Waals surface area contributed by atoms with Crippen LogP contribution in [0.4, 0.5) is 13.2 Å². The van der Waals surface area contributed by atoms with Crippen molar-refractivity contribution < 1.29 is 17.9 Å². The van der Waals surface area contributed by atoms with Crippen molar-refractivity contribution in [2.75, 3.05) is 6.61 Å². The molecule has 0 aliphatic rings. The van der Waals surface area contributed by atoms with E-state index in [1.54, 1.807) is 6.07 Å². The van der Waals surface area contributed by atoms with E-state index in [0.29, 0.717) is 18.5 Å². The molecule has 0 spiro atoms. The zero-order valence-electron chi connectivity index (χ0n) is 12.4. The van der Waals surface area contributed by atoms with Crippen LogP contribution < -0.4 is 10.1 Å². The van der Waals surface area contributed by atoms with E-state index in [9.17, 15) is 13.2 Å². The molecule has 0 aromatic heterocycles. The van der Waals surface area contributed by atoms with Crippen LogP contribution in [0.15, 0.2) is 18.2 Å². The topological polar surface area (TPSA) is 21.3 Å². The third-order valence-corrected chi connectivity index (χ3v) is 2.63. The number of hydrogen-bond acceptors (Lipinski definition) is 2. The molecule has 0 radical (unpaired) electrons. The average molecular weight is 289 g/mol. The summed E-state index contributed by atoms with van der Waals surface area (Å²) in [5.74, 6) is -0.0983. The number of benzene rings is 1. The van der Waals surface area contributed by atoms with Gasteiger partial charge in [-0.1, -0.05) is 13.0 Å². The maximum atomic E-state index is 13.0. The summed E-state index contributed by atoms with van der Waals surface area (Å²) < 4.78 is 44.3. The van der Waals surface area contributed by atoms with Crippen molar-refractivity contribution in [2.45, 2.75) is 52.4 Å². The lowest BCUT2D eigenvalue weighted by molar-refractivity contribution is -0.139. The van der Waals surface area contributed by atoms with Crippen molar-refractivity contribution in [3.05, 3.63) is 29.3 Å². The second-order valence-corrected chi connectivity index (χ2v) is 5.78. The van der Waals surface area contributed by atoms with E-state index in [-0.39, 0.29) is 17.9 Å². The van der Waals surface area contributed by atoms with Gasteiger partial charge in [0.15, 0.2) is 0 Å². The van der Waals surface area contributed by atoms with Crippen molar-refractivity contribution in [1.29, 1.82) is 0 Å². The average Bonchev–Trinajstić information content (AvgIpc) is 2.32. The maximum Gasteiger partial charge on any atom is 0.419 e. The van der Waals surface area contributed by atoms with Crippen molar-refractivity contribution >= 4 is 0 Å². The van der Waals surface area contributed by atoms with Gasteiger partial charge in [-0.25, -0.2) is 0 Å². The van der Waals surface area contributed by atoms with Gasteiger partial charge in [0.05, 0.1) is 12.2 Å². The van der Waals surface area contributed by atoms with E-state index < -0.39 is 11.7 Å². The molecule has 0 unspecified atom stereocenters. The Labute approximate surface area is 118 Å². The van der Waals surface area contributed by atoms with Gasteiger partial charge in [0, 0.05) is 12.1 Å². The van der Waals surface area contributed by atoms with Gasteiger partial charge in [0.1, 0.15) is 5.75 Å². The Kier molecular flexibility index (Phi) is 5.45. The molecule has 1 N–H and O–H groups in total. The van der Waals surface area contributed by atoms with Gasteiger partial charge in [-0.2, -0.15) is 13.2 Å². The van der Waals surface area contributed by atoms with Gasteiger partial charge in [-0.05, 0) is 44.9 Å². The van der Waals surface area contributed by atoms with E-state index in [1.165, 1.54) is 6.07 Å². The fourth-order valence-electron chi connectivity index (χ4n) is 1.61. The van der Waals surface area contributed by atoms with Crippen molar-refractivity contribution in [3.8, 4) is 5.75 Å². The van der Waals surface area contributed by atoms with Gasteiger partial charge in [-0.3, -0.25) is 0 Å². The van der Waals surface area contributed by atoms with Crippen molar-refractivity contribution in [3.63, 3.8) is 0 Å². The molecule has 0 heterocycles. The fourth-order valence-corrected chi connectivity index (χ4v) is 1.61. The van der Waals surface area contributed by atoms with E-state index in [2.05, 4.69) is 5.32 Å². The molecule has 1 aromatic rings. The zero-order chi connectivity index (χ0) is 15.4. The second kappa shape index (κ2) is 6.48. The molecule has 1 rings (SSSR count). The highest BCUT2D eigenvalue weighted by molar-refractivity contribution is 5.39. The van der Waals surface area contributed by atoms with Crippen LogP contribution in [0.2, 0.25) is 0 Å². The second-order valence-electron chi connectivity index (χ2n) is 5.78. The Morgan fingerprint density at radius 1 is 1.15 bits per heavy atom. The molecular formula is C15H22F3NO. The first kappa shape index (κ1) is 16.8. The van der Waals surface area contributed by atoms with Gasteiger partial charge < -0.3 is 10.1 Å². The largest absolute Gasteiger partial charge is 0.493 e. The van der Waals surface area contributed by atoms with Crippen LogP contribution in [0.25, 0.3) is 0 Å². The highest BCUT2D eigenvalue weighted by Crippen LogP contribution is 2.37. The maximum absolute atomic E-state index is 13.0. The number of hydrogen-bond donors (Lipinski definition) is 1. The van der Waals surface area contributed by atoms with E-state index in [1.807, 2.05) is 27.7 Å². The predicted octanol–water partition coefficient (Wildman–Crippen LogP) is 4.38.